The Bertz CT molecular complexity index is 589. The number of sulfonamides is 1. The van der Waals surface area contributed by atoms with Crippen molar-refractivity contribution >= 4 is 27.3 Å². The molecule has 0 spiro atoms. The molecule has 0 amide bonds. The second-order valence-corrected chi connectivity index (χ2v) is 6.95. The minimum atomic E-state index is -3.69. The van der Waals surface area contributed by atoms with E-state index in [1.807, 2.05) is 0 Å². The molecule has 126 valence electrons. The van der Waals surface area contributed by atoms with Crippen molar-refractivity contribution < 1.29 is 13.2 Å². The number of nitrogens with one attached hydrogen (secondary N) is 1. The highest BCUT2D eigenvalue weighted by Crippen LogP contribution is 2.31. The third kappa shape index (κ3) is 5.01. The fraction of sp³-hybridized carbons (Fsp3) is 0.571. The van der Waals surface area contributed by atoms with Crippen molar-refractivity contribution in [1.29, 1.82) is 0 Å². The van der Waals surface area contributed by atoms with Crippen LogP contribution in [0.5, 0.6) is 5.75 Å². The number of hydrogen-bond donors (Lipinski definition) is 2. The number of methoxy groups -OCH3 is 1. The molecule has 0 radical (unpaired) electrons. The number of hydrogen-bond acceptors (Lipinski definition) is 5. The molecule has 0 atom stereocenters. The predicted molar refractivity (Wildman–Crippen MR) is 90.0 cm³/mol. The highest BCUT2D eigenvalue weighted by Gasteiger charge is 2.21. The van der Waals surface area contributed by atoms with Crippen LogP contribution in [0.2, 0.25) is 5.02 Å². The Balaban J connectivity index is 2.77. The van der Waals surface area contributed by atoms with Crippen LogP contribution in [0.25, 0.3) is 0 Å². The largest absolute Gasteiger partial charge is 0.495 e. The minimum absolute atomic E-state index is 0.00274. The summed E-state index contributed by atoms with van der Waals surface area (Å²) in [7, 11) is -2.30. The summed E-state index contributed by atoms with van der Waals surface area (Å²) in [6, 6.07) is 2.72. The molecule has 1 aromatic carbocycles. The fourth-order valence-corrected chi connectivity index (χ4v) is 3.52. The lowest BCUT2D eigenvalue weighted by atomic mass is 10.3. The third-order valence-electron chi connectivity index (χ3n) is 3.41. The first-order valence-corrected chi connectivity index (χ1v) is 9.06. The average Bonchev–Trinajstić information content (AvgIpc) is 2.49. The fourth-order valence-electron chi connectivity index (χ4n) is 2.05. The highest BCUT2D eigenvalue weighted by molar-refractivity contribution is 7.89. The normalized spacial score (nSPS) is 11.9. The van der Waals surface area contributed by atoms with E-state index in [4.69, 9.17) is 22.1 Å². The van der Waals surface area contributed by atoms with Crippen molar-refractivity contribution in [1.82, 2.24) is 9.62 Å². The van der Waals surface area contributed by atoms with Crippen LogP contribution in [0.4, 0.5) is 5.69 Å². The van der Waals surface area contributed by atoms with Gasteiger partial charge in [-0.25, -0.2) is 13.1 Å². The van der Waals surface area contributed by atoms with Crippen LogP contribution in [0.3, 0.4) is 0 Å². The summed E-state index contributed by atoms with van der Waals surface area (Å²) in [5.74, 6) is 0.179. The molecule has 0 aromatic heterocycles. The van der Waals surface area contributed by atoms with E-state index in [0.29, 0.717) is 6.54 Å². The van der Waals surface area contributed by atoms with E-state index >= 15 is 0 Å². The quantitative estimate of drug-likeness (QED) is 0.525. The molecule has 1 rings (SSSR count). The zero-order valence-corrected chi connectivity index (χ0v) is 14.8. The summed E-state index contributed by atoms with van der Waals surface area (Å²) in [4.78, 5) is 2.23. The maximum Gasteiger partial charge on any atom is 0.244 e. The first kappa shape index (κ1) is 19.0. The average molecular weight is 350 g/mol. The van der Waals surface area contributed by atoms with E-state index in [-0.39, 0.29) is 21.4 Å². The molecule has 0 unspecified atom stereocenters. The SMILES string of the molecule is CCN(CC)CCCNS(=O)(=O)c1cc(Cl)c(N)cc1OC. The predicted octanol–water partition coefficient (Wildman–Crippen LogP) is 1.94. The van der Waals surface area contributed by atoms with E-state index in [1.165, 1.54) is 19.2 Å². The maximum absolute atomic E-state index is 12.4. The van der Waals surface area contributed by atoms with E-state index in [2.05, 4.69) is 23.5 Å². The van der Waals surface area contributed by atoms with Gasteiger partial charge < -0.3 is 15.4 Å². The van der Waals surface area contributed by atoms with Crippen molar-refractivity contribution in [3.05, 3.63) is 17.2 Å². The molecule has 0 aliphatic carbocycles. The second-order valence-electron chi connectivity index (χ2n) is 4.80. The van der Waals surface area contributed by atoms with Gasteiger partial charge in [-0.3, -0.25) is 0 Å². The van der Waals surface area contributed by atoms with Crippen LogP contribution < -0.4 is 15.2 Å². The number of halogens is 1. The second kappa shape index (κ2) is 8.57. The molecule has 1 aromatic rings. The number of benzene rings is 1. The van der Waals surface area contributed by atoms with Crippen LogP contribution in [-0.4, -0.2) is 46.6 Å². The monoisotopic (exact) mass is 349 g/mol. The first-order valence-electron chi connectivity index (χ1n) is 7.20. The van der Waals surface area contributed by atoms with Gasteiger partial charge in [0.2, 0.25) is 10.0 Å². The number of nitrogen functional groups attached to an aromatic ring is 1. The molecule has 22 heavy (non-hydrogen) atoms. The van der Waals surface area contributed by atoms with Crippen LogP contribution in [0.15, 0.2) is 17.0 Å². The summed E-state index contributed by atoms with van der Waals surface area (Å²) in [6.45, 7) is 7.25. The van der Waals surface area contributed by atoms with Crippen LogP contribution >= 0.6 is 11.6 Å². The van der Waals surface area contributed by atoms with Crippen LogP contribution in [-0.2, 0) is 10.0 Å². The Labute approximate surface area is 137 Å². The van der Waals surface area contributed by atoms with Crippen molar-refractivity contribution in [3.63, 3.8) is 0 Å². The summed E-state index contributed by atoms with van der Waals surface area (Å²) in [6.07, 6.45) is 0.728. The van der Waals surface area contributed by atoms with Gasteiger partial charge in [-0.05, 0) is 32.1 Å². The lowest BCUT2D eigenvalue weighted by Gasteiger charge is -2.18. The summed E-state index contributed by atoms with van der Waals surface area (Å²) >= 11 is 5.91. The Morgan fingerprint density at radius 1 is 1.32 bits per heavy atom. The lowest BCUT2D eigenvalue weighted by molar-refractivity contribution is 0.300. The molecule has 0 aliphatic heterocycles. The Morgan fingerprint density at radius 2 is 1.95 bits per heavy atom. The standard InChI is InChI=1S/C14H24ClN3O3S/c1-4-18(5-2)8-6-7-17-22(19,20)14-9-11(15)12(16)10-13(14)21-3/h9-10,17H,4-8,16H2,1-3H3. The molecule has 0 bridgehead atoms. The van der Waals surface area contributed by atoms with Gasteiger partial charge >= 0.3 is 0 Å². The van der Waals surface area contributed by atoms with E-state index < -0.39 is 10.0 Å². The first-order chi connectivity index (χ1) is 10.4. The Morgan fingerprint density at radius 3 is 2.50 bits per heavy atom. The van der Waals surface area contributed by atoms with Crippen molar-refractivity contribution in [3.8, 4) is 5.75 Å². The lowest BCUT2D eigenvalue weighted by Crippen LogP contribution is -2.30. The summed E-state index contributed by atoms with van der Waals surface area (Å²) < 4.78 is 32.4. The van der Waals surface area contributed by atoms with Crippen molar-refractivity contribution in [2.75, 3.05) is 39.0 Å². The number of nitrogens with two attached hydrogens (primary N) is 1. The number of ether oxygens (including phenoxy) is 1. The zero-order chi connectivity index (χ0) is 16.8. The van der Waals surface area contributed by atoms with Gasteiger partial charge in [0, 0.05) is 12.6 Å². The number of nitrogens with zero attached hydrogens (tertiary/aromatic N) is 1. The van der Waals surface area contributed by atoms with Gasteiger partial charge in [0.15, 0.2) is 0 Å². The molecular formula is C14H24ClN3O3S. The molecule has 0 fully saturated rings. The molecule has 0 saturated heterocycles. The molecule has 3 N–H and O–H groups in total. The van der Waals surface area contributed by atoms with Crippen LogP contribution in [0, 0.1) is 0 Å². The van der Waals surface area contributed by atoms with Crippen LogP contribution in [0.1, 0.15) is 20.3 Å². The molecule has 0 saturated carbocycles. The summed E-state index contributed by atoms with van der Waals surface area (Å²) in [5.41, 5.74) is 5.94. The van der Waals surface area contributed by atoms with E-state index in [9.17, 15) is 8.42 Å². The van der Waals surface area contributed by atoms with Gasteiger partial charge in [-0.15, -0.1) is 0 Å². The van der Waals surface area contributed by atoms with E-state index in [0.717, 1.165) is 26.1 Å². The Kier molecular flexibility index (Phi) is 7.41. The molecule has 0 heterocycles. The van der Waals surface area contributed by atoms with Gasteiger partial charge in [0.25, 0.3) is 0 Å². The molecule has 8 heteroatoms. The van der Waals surface area contributed by atoms with Crippen molar-refractivity contribution in [2.45, 2.75) is 25.2 Å². The topological polar surface area (TPSA) is 84.7 Å². The summed E-state index contributed by atoms with van der Waals surface area (Å²) in [5, 5.41) is 0.185. The van der Waals surface area contributed by atoms with Crippen molar-refractivity contribution in [2.24, 2.45) is 0 Å². The smallest absolute Gasteiger partial charge is 0.244 e. The number of rotatable bonds is 9. The Hall–Kier alpha value is -1.02. The van der Waals surface area contributed by atoms with Gasteiger partial charge in [0.1, 0.15) is 10.6 Å². The zero-order valence-electron chi connectivity index (χ0n) is 13.2. The van der Waals surface area contributed by atoms with E-state index in [1.54, 1.807) is 0 Å². The highest BCUT2D eigenvalue weighted by atomic mass is 35.5. The van der Waals surface area contributed by atoms with Gasteiger partial charge in [-0.2, -0.15) is 0 Å². The third-order valence-corrected chi connectivity index (χ3v) is 5.22. The number of anilines is 1. The molecular weight excluding hydrogens is 326 g/mol. The molecule has 0 aliphatic rings. The molecule has 6 nitrogen and oxygen atoms in total. The minimum Gasteiger partial charge on any atom is -0.495 e. The van der Waals surface area contributed by atoms with Gasteiger partial charge in [-0.1, -0.05) is 25.4 Å². The maximum atomic E-state index is 12.4. The van der Waals surface area contributed by atoms with Gasteiger partial charge in [0.05, 0.1) is 17.8 Å².